The monoisotopic (exact) mass is 313 g/mol. The van der Waals surface area contributed by atoms with E-state index in [2.05, 4.69) is 6.08 Å². The van der Waals surface area contributed by atoms with Gasteiger partial charge in [0.2, 0.25) is 5.91 Å². The predicted molar refractivity (Wildman–Crippen MR) is 88.4 cm³/mol. The van der Waals surface area contributed by atoms with Crippen molar-refractivity contribution < 1.29 is 14.3 Å². The summed E-state index contributed by atoms with van der Waals surface area (Å²) in [6, 6.07) is 7.27. The van der Waals surface area contributed by atoms with Crippen molar-refractivity contribution in [1.82, 2.24) is 4.90 Å². The molecule has 3 atom stereocenters. The molecule has 1 saturated heterocycles. The van der Waals surface area contributed by atoms with E-state index in [1.807, 2.05) is 49.1 Å². The van der Waals surface area contributed by atoms with Crippen molar-refractivity contribution in [2.75, 3.05) is 7.11 Å². The molecule has 0 spiro atoms. The second-order valence-electron chi connectivity index (χ2n) is 6.55. The first-order valence-corrected chi connectivity index (χ1v) is 8.21. The molecule has 23 heavy (non-hydrogen) atoms. The summed E-state index contributed by atoms with van der Waals surface area (Å²) in [5.41, 5.74) is 0.763. The van der Waals surface area contributed by atoms with Crippen molar-refractivity contribution in [2.45, 2.75) is 44.7 Å². The molecule has 0 aromatic heterocycles. The van der Waals surface area contributed by atoms with E-state index >= 15 is 0 Å². The largest absolute Gasteiger partial charge is 0.497 e. The summed E-state index contributed by atoms with van der Waals surface area (Å²) in [6.45, 7) is 4.02. The quantitative estimate of drug-likeness (QED) is 0.637. The molecule has 4 heteroatoms. The lowest BCUT2D eigenvalue weighted by Gasteiger charge is -2.45. The summed E-state index contributed by atoms with van der Waals surface area (Å²) in [6.07, 6.45) is 5.85. The van der Waals surface area contributed by atoms with Crippen molar-refractivity contribution in [1.29, 1.82) is 0 Å². The Hall–Kier alpha value is -2.10. The molecule has 1 aromatic carbocycles. The van der Waals surface area contributed by atoms with Gasteiger partial charge in [-0.2, -0.15) is 0 Å². The summed E-state index contributed by atoms with van der Waals surface area (Å²) in [5, 5.41) is 0. The van der Waals surface area contributed by atoms with E-state index in [9.17, 15) is 9.59 Å². The number of hydrogen-bond acceptors (Lipinski definition) is 3. The third-order valence-corrected chi connectivity index (χ3v) is 4.87. The molecule has 2 aliphatic rings. The molecule has 0 radical (unpaired) electrons. The van der Waals surface area contributed by atoms with Gasteiger partial charge in [-0.1, -0.05) is 24.3 Å². The Labute approximate surface area is 137 Å². The molecule has 1 fully saturated rings. The molecule has 1 aliphatic heterocycles. The van der Waals surface area contributed by atoms with E-state index in [4.69, 9.17) is 4.74 Å². The minimum absolute atomic E-state index is 0.0615. The first-order chi connectivity index (χ1) is 11.0. The van der Waals surface area contributed by atoms with Gasteiger partial charge < -0.3 is 9.64 Å². The molecular weight excluding hydrogens is 290 g/mol. The lowest BCUT2D eigenvalue weighted by Crippen LogP contribution is -2.58. The number of Topliss-reactive ketones (excluding diaryl/α,β-unsaturated/α-hetero) is 1. The third-order valence-electron chi connectivity index (χ3n) is 4.87. The molecule has 1 unspecified atom stereocenters. The van der Waals surface area contributed by atoms with Crippen molar-refractivity contribution in [3.8, 4) is 5.75 Å². The number of likely N-dealkylation sites (tertiary alicyclic amines) is 1. The Kier molecular flexibility index (Phi) is 4.24. The number of allylic oxidation sites excluding steroid dienone is 1. The molecule has 122 valence electrons. The number of carbonyl (C=O) groups is 2. The summed E-state index contributed by atoms with van der Waals surface area (Å²) < 4.78 is 5.17. The van der Waals surface area contributed by atoms with Crippen LogP contribution in [0.4, 0.5) is 0 Å². The van der Waals surface area contributed by atoms with Crippen LogP contribution in [0.15, 0.2) is 36.4 Å². The average Bonchev–Trinajstić information content (AvgIpc) is 2.55. The van der Waals surface area contributed by atoms with Crippen LogP contribution in [0, 0.1) is 5.92 Å². The third kappa shape index (κ3) is 2.67. The lowest BCUT2D eigenvalue weighted by atomic mass is 9.73. The Balaban J connectivity index is 2.00. The first kappa shape index (κ1) is 15.8. The van der Waals surface area contributed by atoms with E-state index in [-0.39, 0.29) is 29.7 Å². The van der Waals surface area contributed by atoms with Gasteiger partial charge in [-0.05, 0) is 44.4 Å². The first-order valence-electron chi connectivity index (χ1n) is 8.21. The molecule has 0 N–H and O–H groups in total. The maximum absolute atomic E-state index is 13.0. The summed E-state index contributed by atoms with van der Waals surface area (Å²) in [5.74, 6) is -0.0682. The van der Waals surface area contributed by atoms with E-state index in [1.165, 1.54) is 0 Å². The zero-order chi connectivity index (χ0) is 16.6. The number of ether oxygens (including phenoxy) is 1. The number of carbonyl (C=O) groups excluding carboxylic acids is 2. The SMILES string of the molecule is COc1ccc(C2C(=O)[C@H]3CCC=C[C@H]3N(C(C)C)C2=O)cc1. The molecule has 1 aromatic rings. The van der Waals surface area contributed by atoms with Crippen molar-refractivity contribution in [3.63, 3.8) is 0 Å². The van der Waals surface area contributed by atoms with Crippen molar-refractivity contribution in [2.24, 2.45) is 5.92 Å². The molecule has 4 nitrogen and oxygen atoms in total. The standard InChI is InChI=1S/C19H23NO3/c1-12(2)20-16-7-5-4-6-15(16)18(21)17(19(20)22)13-8-10-14(23-3)11-9-13/h5,7-12,15-17H,4,6H2,1-3H3/t15-,16+,17?/m0/s1. The summed E-state index contributed by atoms with van der Waals surface area (Å²) in [7, 11) is 1.60. The van der Waals surface area contributed by atoms with Crippen LogP contribution < -0.4 is 4.74 Å². The number of amides is 1. The Bertz CT molecular complexity index is 633. The van der Waals surface area contributed by atoms with Gasteiger partial charge in [0.15, 0.2) is 5.78 Å². The Morgan fingerprint density at radius 2 is 1.87 bits per heavy atom. The zero-order valence-corrected chi connectivity index (χ0v) is 13.9. The Morgan fingerprint density at radius 1 is 1.17 bits per heavy atom. The molecule has 1 amide bonds. The molecule has 3 rings (SSSR count). The van der Waals surface area contributed by atoms with Gasteiger partial charge in [-0.3, -0.25) is 9.59 Å². The van der Waals surface area contributed by atoms with Crippen molar-refractivity contribution >= 4 is 11.7 Å². The van der Waals surface area contributed by atoms with Crippen LogP contribution in [0.3, 0.4) is 0 Å². The minimum atomic E-state index is -0.684. The number of benzene rings is 1. The van der Waals surface area contributed by atoms with Gasteiger partial charge in [0.25, 0.3) is 0 Å². The number of methoxy groups -OCH3 is 1. The fourth-order valence-electron chi connectivity index (χ4n) is 3.75. The number of nitrogens with zero attached hydrogens (tertiary/aromatic N) is 1. The van der Waals surface area contributed by atoms with Gasteiger partial charge in [-0.15, -0.1) is 0 Å². The molecule has 1 heterocycles. The highest BCUT2D eigenvalue weighted by Crippen LogP contribution is 2.38. The fourth-order valence-corrected chi connectivity index (χ4v) is 3.75. The van der Waals surface area contributed by atoms with Gasteiger partial charge in [0, 0.05) is 12.0 Å². The Morgan fingerprint density at radius 3 is 2.48 bits per heavy atom. The van der Waals surface area contributed by atoms with Crippen molar-refractivity contribution in [3.05, 3.63) is 42.0 Å². The van der Waals surface area contributed by atoms with E-state index < -0.39 is 5.92 Å². The van der Waals surface area contributed by atoms with Crippen LogP contribution in [0.25, 0.3) is 0 Å². The van der Waals surface area contributed by atoms with Crippen LogP contribution in [0.1, 0.15) is 38.2 Å². The van der Waals surface area contributed by atoms with Crippen LogP contribution in [-0.2, 0) is 9.59 Å². The van der Waals surface area contributed by atoms with Gasteiger partial charge in [0.05, 0.1) is 13.2 Å². The summed E-state index contributed by atoms with van der Waals surface area (Å²) >= 11 is 0. The van der Waals surface area contributed by atoms with Gasteiger partial charge in [0.1, 0.15) is 11.7 Å². The summed E-state index contributed by atoms with van der Waals surface area (Å²) in [4.78, 5) is 27.9. The molecular formula is C19H23NO3. The molecule has 0 saturated carbocycles. The zero-order valence-electron chi connectivity index (χ0n) is 13.9. The van der Waals surface area contributed by atoms with Crippen LogP contribution in [0.5, 0.6) is 5.75 Å². The maximum atomic E-state index is 13.0. The number of hydrogen-bond donors (Lipinski definition) is 0. The highest BCUT2D eigenvalue weighted by molar-refractivity contribution is 6.10. The topological polar surface area (TPSA) is 46.6 Å². The minimum Gasteiger partial charge on any atom is -0.497 e. The van der Waals surface area contributed by atoms with Crippen LogP contribution in [0.2, 0.25) is 0 Å². The molecule has 0 bridgehead atoms. The van der Waals surface area contributed by atoms with E-state index in [0.717, 1.165) is 24.2 Å². The highest BCUT2D eigenvalue weighted by Gasteiger charge is 2.48. The average molecular weight is 313 g/mol. The number of piperidine rings is 1. The number of fused-ring (bicyclic) bond motifs is 1. The van der Waals surface area contributed by atoms with E-state index in [0.29, 0.717) is 0 Å². The second kappa shape index (κ2) is 6.19. The lowest BCUT2D eigenvalue weighted by molar-refractivity contribution is -0.150. The van der Waals surface area contributed by atoms with Crippen LogP contribution >= 0.6 is 0 Å². The fraction of sp³-hybridized carbons (Fsp3) is 0.474. The smallest absolute Gasteiger partial charge is 0.238 e. The van der Waals surface area contributed by atoms with Crippen LogP contribution in [-0.4, -0.2) is 35.8 Å². The highest BCUT2D eigenvalue weighted by atomic mass is 16.5. The number of ketones is 1. The van der Waals surface area contributed by atoms with Gasteiger partial charge >= 0.3 is 0 Å². The number of rotatable bonds is 3. The maximum Gasteiger partial charge on any atom is 0.238 e. The molecule has 1 aliphatic carbocycles. The van der Waals surface area contributed by atoms with Gasteiger partial charge in [-0.25, -0.2) is 0 Å². The second-order valence-corrected chi connectivity index (χ2v) is 6.55. The predicted octanol–water partition coefficient (Wildman–Crippen LogP) is 2.93. The normalized spacial score (nSPS) is 27.3. The van der Waals surface area contributed by atoms with E-state index in [1.54, 1.807) is 7.11 Å².